The molecule has 0 aliphatic rings. The van der Waals surface area contributed by atoms with Gasteiger partial charge in [0, 0.05) is 57.4 Å². The number of rotatable bonds is 7. The zero-order chi connectivity index (χ0) is 19.5. The Bertz CT molecular complexity index is 753. The molecule has 1 unspecified atom stereocenters. The van der Waals surface area contributed by atoms with Crippen molar-refractivity contribution in [1.82, 2.24) is 4.57 Å². The number of thiazole rings is 1. The number of hydrogen-bond acceptors (Lipinski definition) is 4. The van der Waals surface area contributed by atoms with Gasteiger partial charge in [0.15, 0.2) is 0 Å². The standard InChI is InChI=1S/C19H25N2O2S.C2H6.CH4.Yb/c1-5-14(2)10-11-23-18(22)12-16-8-6-7-9-17(16)20-19-21(4)13-15(3)24-19;1-2;;/h6-9,14H,5,10-12H2,1-4H3;1-2H3;1H4;/q-1;;;. The summed E-state index contributed by atoms with van der Waals surface area (Å²) in [6, 6.07) is 7.71. The number of ether oxygens (including phenoxy) is 1. The third kappa shape index (κ3) is 10.4. The van der Waals surface area contributed by atoms with Crippen LogP contribution in [0, 0.1) is 66.0 Å². The van der Waals surface area contributed by atoms with Gasteiger partial charge in [0.2, 0.25) is 0 Å². The van der Waals surface area contributed by atoms with E-state index in [0.29, 0.717) is 12.5 Å². The summed E-state index contributed by atoms with van der Waals surface area (Å²) in [5.41, 5.74) is 1.69. The van der Waals surface area contributed by atoms with Crippen molar-refractivity contribution in [2.24, 2.45) is 18.0 Å². The Balaban J connectivity index is 0. The summed E-state index contributed by atoms with van der Waals surface area (Å²) in [7, 11) is 1.92. The number of carbonyl (C=O) groups excluding carboxylic acids is 1. The number of para-hydroxylation sites is 1. The van der Waals surface area contributed by atoms with E-state index in [2.05, 4.69) is 25.0 Å². The van der Waals surface area contributed by atoms with Gasteiger partial charge in [-0.05, 0) is 37.9 Å². The van der Waals surface area contributed by atoms with Crippen molar-refractivity contribution in [2.45, 2.75) is 61.3 Å². The molecule has 1 heterocycles. The molecule has 1 aromatic carbocycles. The molecule has 1 atom stereocenters. The monoisotopic (exact) mass is 565 g/mol. The van der Waals surface area contributed by atoms with E-state index in [1.807, 2.05) is 56.7 Å². The number of benzene rings is 1. The molecule has 0 aliphatic heterocycles. The van der Waals surface area contributed by atoms with E-state index in [-0.39, 0.29) is 66.7 Å². The van der Waals surface area contributed by atoms with E-state index in [4.69, 9.17) is 4.74 Å². The van der Waals surface area contributed by atoms with Crippen LogP contribution in [0.1, 0.15) is 58.4 Å². The van der Waals surface area contributed by atoms with Crippen molar-refractivity contribution in [3.63, 3.8) is 0 Å². The Labute approximate surface area is 213 Å². The molecule has 2 aromatic rings. The summed E-state index contributed by atoms with van der Waals surface area (Å²) < 4.78 is 7.24. The van der Waals surface area contributed by atoms with E-state index in [1.165, 1.54) is 0 Å². The number of carbonyl (C=O) groups is 1. The molecule has 0 saturated carbocycles. The number of aromatic nitrogens is 1. The summed E-state index contributed by atoms with van der Waals surface area (Å²) in [4.78, 5) is 18.7. The minimum absolute atomic E-state index is 0. The van der Waals surface area contributed by atoms with Gasteiger partial charge in [0.25, 0.3) is 0 Å². The van der Waals surface area contributed by atoms with E-state index in [0.717, 1.165) is 33.8 Å². The molecule has 2 rings (SSSR count). The Hall–Kier alpha value is -0.361. The SMILES string of the molecule is C.CC.CCC(C)CCOC(=O)Cc1ccccc1N=c1sc(C)[c-]n1C.[Yb]. The topological polar surface area (TPSA) is 43.6 Å². The number of hydrogen-bond donors (Lipinski definition) is 0. The fourth-order valence-electron chi connectivity index (χ4n) is 2.27. The second-order valence-corrected chi connectivity index (χ2v) is 7.23. The molecule has 0 N–H and O–H groups in total. The van der Waals surface area contributed by atoms with Gasteiger partial charge in [-0.3, -0.25) is 4.79 Å². The van der Waals surface area contributed by atoms with E-state index >= 15 is 0 Å². The van der Waals surface area contributed by atoms with Gasteiger partial charge in [0.05, 0.1) is 13.0 Å². The van der Waals surface area contributed by atoms with Crippen LogP contribution in [0.25, 0.3) is 0 Å². The zero-order valence-electron chi connectivity index (χ0n) is 17.1. The van der Waals surface area contributed by atoms with Crippen molar-refractivity contribution in [3.05, 3.63) is 45.7 Å². The van der Waals surface area contributed by atoms with Crippen LogP contribution in [0.5, 0.6) is 0 Å². The summed E-state index contributed by atoms with van der Waals surface area (Å²) in [5, 5.41) is 0. The third-order valence-corrected chi connectivity index (χ3v) is 4.91. The van der Waals surface area contributed by atoms with Crippen LogP contribution in [-0.2, 0) is 23.0 Å². The Morgan fingerprint density at radius 3 is 2.54 bits per heavy atom. The van der Waals surface area contributed by atoms with Crippen LogP contribution in [0.3, 0.4) is 0 Å². The molecule has 6 heteroatoms. The molecule has 0 aliphatic carbocycles. The van der Waals surface area contributed by atoms with Gasteiger partial charge >= 0.3 is 5.97 Å². The molecule has 0 saturated heterocycles. The van der Waals surface area contributed by atoms with Gasteiger partial charge in [-0.15, -0.1) is 0 Å². The number of nitrogens with zero attached hydrogens (tertiary/aromatic N) is 2. The van der Waals surface area contributed by atoms with Crippen LogP contribution in [-0.4, -0.2) is 17.1 Å². The average Bonchev–Trinajstić information content (AvgIpc) is 2.95. The maximum absolute atomic E-state index is 12.1. The Morgan fingerprint density at radius 2 is 1.96 bits per heavy atom. The molecular formula is C22H35N2O2SYb-. The van der Waals surface area contributed by atoms with Crippen molar-refractivity contribution >= 4 is 23.0 Å². The molecular weight excluding hydrogens is 529 g/mol. The maximum Gasteiger partial charge on any atom is 0.310 e. The fourth-order valence-corrected chi connectivity index (χ4v) is 3.05. The van der Waals surface area contributed by atoms with Crippen LogP contribution in [0.2, 0.25) is 0 Å². The minimum atomic E-state index is -0.195. The van der Waals surface area contributed by atoms with Gasteiger partial charge < -0.3 is 14.3 Å². The molecule has 0 amide bonds. The first-order valence-electron chi connectivity index (χ1n) is 9.33. The van der Waals surface area contributed by atoms with Gasteiger partial charge in [-0.25, -0.2) is 11.3 Å². The molecule has 28 heavy (non-hydrogen) atoms. The van der Waals surface area contributed by atoms with Crippen LogP contribution < -0.4 is 4.80 Å². The largest absolute Gasteiger partial charge is 0.490 e. The number of aryl methyl sites for hydroxylation is 2. The van der Waals surface area contributed by atoms with Crippen molar-refractivity contribution in [3.8, 4) is 0 Å². The van der Waals surface area contributed by atoms with Crippen LogP contribution >= 0.6 is 11.3 Å². The van der Waals surface area contributed by atoms with Crippen LogP contribution in [0.15, 0.2) is 29.3 Å². The van der Waals surface area contributed by atoms with Gasteiger partial charge in [-0.2, -0.15) is 6.20 Å². The van der Waals surface area contributed by atoms with Gasteiger partial charge in [-0.1, -0.05) is 64.6 Å². The average molecular weight is 565 g/mol. The maximum atomic E-state index is 12.1. The van der Waals surface area contributed by atoms with Crippen LogP contribution in [0.4, 0.5) is 5.69 Å². The van der Waals surface area contributed by atoms with E-state index < -0.39 is 0 Å². The Kier molecular flexibility index (Phi) is 17.5. The van der Waals surface area contributed by atoms with Gasteiger partial charge in [0.1, 0.15) is 0 Å². The molecule has 0 radical (unpaired) electrons. The summed E-state index contributed by atoms with van der Waals surface area (Å²) >= 11 is 1.58. The van der Waals surface area contributed by atoms with E-state index in [9.17, 15) is 4.79 Å². The molecule has 0 bridgehead atoms. The number of esters is 1. The summed E-state index contributed by atoms with van der Waals surface area (Å²) in [5.74, 6) is 0.387. The predicted molar refractivity (Wildman–Crippen MR) is 115 cm³/mol. The first-order valence-corrected chi connectivity index (χ1v) is 10.1. The first kappa shape index (κ1) is 29.8. The molecule has 0 fully saturated rings. The fraction of sp³-hybridized carbons (Fsp3) is 0.545. The first-order chi connectivity index (χ1) is 12.5. The molecule has 166 valence electrons. The third-order valence-electron chi connectivity index (χ3n) is 3.97. The second kappa shape index (κ2) is 16.4. The van der Waals surface area contributed by atoms with Crippen molar-refractivity contribution in [2.75, 3.05) is 6.61 Å². The molecule has 0 spiro atoms. The van der Waals surface area contributed by atoms with Crippen molar-refractivity contribution in [1.29, 1.82) is 0 Å². The molecule has 4 nitrogen and oxygen atoms in total. The Morgan fingerprint density at radius 1 is 1.32 bits per heavy atom. The summed E-state index contributed by atoms with van der Waals surface area (Å²) in [6.45, 7) is 10.8. The van der Waals surface area contributed by atoms with Crippen molar-refractivity contribution < 1.29 is 56.5 Å². The zero-order valence-corrected chi connectivity index (χ0v) is 19.6. The molecule has 1 aromatic heterocycles. The normalized spacial score (nSPS) is 11.4. The quantitative estimate of drug-likeness (QED) is 0.324. The summed E-state index contributed by atoms with van der Waals surface area (Å²) in [6.07, 6.45) is 5.45. The minimum Gasteiger partial charge on any atom is -0.490 e. The smallest absolute Gasteiger partial charge is 0.310 e. The predicted octanol–water partition coefficient (Wildman–Crippen LogP) is 5.61. The second-order valence-electron chi connectivity index (χ2n) is 6.05. The van der Waals surface area contributed by atoms with E-state index in [1.54, 1.807) is 11.3 Å².